The summed E-state index contributed by atoms with van der Waals surface area (Å²) >= 11 is 0. The standard InChI is InChI=1S/C24H26FN5O4/c25-13-15-5-7-29(8-6-15)24(33)30-9-10-34-21-4-2-16(11-18(21)14-30)17-1-3-19-20(12-17)27-22(26-19)28-23(31)32/h1-4,11-12,15H,5-10,13-14H2,(H,31,32)(H2,26,27,28). The molecule has 0 radical (unpaired) electrons. The van der Waals surface area contributed by atoms with Crippen LogP contribution in [0.25, 0.3) is 22.2 Å². The Kier molecular flexibility index (Phi) is 5.95. The first-order chi connectivity index (χ1) is 16.5. The minimum absolute atomic E-state index is 0.0310. The summed E-state index contributed by atoms with van der Waals surface area (Å²) in [4.78, 5) is 34.8. The Morgan fingerprint density at radius 1 is 1.12 bits per heavy atom. The summed E-state index contributed by atoms with van der Waals surface area (Å²) in [6.45, 7) is 2.19. The van der Waals surface area contributed by atoms with Crippen LogP contribution in [0.3, 0.4) is 0 Å². The molecule has 1 fully saturated rings. The number of urea groups is 1. The zero-order chi connectivity index (χ0) is 23.7. The lowest BCUT2D eigenvalue weighted by molar-refractivity contribution is 0.122. The van der Waals surface area contributed by atoms with Crippen LogP contribution in [0.1, 0.15) is 18.4 Å². The van der Waals surface area contributed by atoms with Crippen molar-refractivity contribution in [2.75, 3.05) is 38.2 Å². The van der Waals surface area contributed by atoms with E-state index in [1.807, 2.05) is 41.3 Å². The summed E-state index contributed by atoms with van der Waals surface area (Å²) in [5.74, 6) is 0.980. The number of rotatable bonds is 3. The molecule has 2 aliphatic rings. The molecule has 5 rings (SSSR count). The molecule has 2 aromatic carbocycles. The second-order valence-electron chi connectivity index (χ2n) is 8.71. The molecule has 2 aliphatic heterocycles. The van der Waals surface area contributed by atoms with Gasteiger partial charge in [-0.3, -0.25) is 9.71 Å². The number of carbonyl (C=O) groups is 2. The van der Waals surface area contributed by atoms with Gasteiger partial charge in [0.05, 0.1) is 30.8 Å². The Balaban J connectivity index is 1.36. The lowest BCUT2D eigenvalue weighted by atomic mass is 9.98. The number of carboxylic acid groups (broad SMARTS) is 1. The number of halogens is 1. The summed E-state index contributed by atoms with van der Waals surface area (Å²) in [5, 5.41) is 11.1. The molecule has 3 aromatic rings. The van der Waals surface area contributed by atoms with Gasteiger partial charge in [-0.2, -0.15) is 0 Å². The van der Waals surface area contributed by atoms with Crippen LogP contribution in [0, 0.1) is 5.92 Å². The second-order valence-corrected chi connectivity index (χ2v) is 8.71. The van der Waals surface area contributed by atoms with Crippen molar-refractivity contribution in [3.8, 4) is 16.9 Å². The van der Waals surface area contributed by atoms with Crippen molar-refractivity contribution in [3.05, 3.63) is 42.0 Å². The van der Waals surface area contributed by atoms with Crippen molar-refractivity contribution in [1.82, 2.24) is 19.8 Å². The maximum atomic E-state index is 13.1. The number of nitrogens with zero attached hydrogens (tertiary/aromatic N) is 3. The number of hydrogen-bond acceptors (Lipinski definition) is 4. The van der Waals surface area contributed by atoms with Gasteiger partial charge < -0.3 is 24.6 Å². The van der Waals surface area contributed by atoms with Crippen molar-refractivity contribution in [3.63, 3.8) is 0 Å². The molecule has 0 aliphatic carbocycles. The molecular formula is C24H26FN5O4. The van der Waals surface area contributed by atoms with Gasteiger partial charge in [0, 0.05) is 18.7 Å². The molecule has 3 heterocycles. The van der Waals surface area contributed by atoms with Crippen LogP contribution in [-0.4, -0.2) is 69.9 Å². The SMILES string of the molecule is O=C(O)Nc1nc2ccc(-c3ccc4c(c3)CN(C(=O)N3CCC(CF)CC3)CCO4)cc2[nH]1. The predicted octanol–water partition coefficient (Wildman–Crippen LogP) is 4.32. The first-order valence-corrected chi connectivity index (χ1v) is 11.4. The van der Waals surface area contributed by atoms with Crippen LogP contribution in [0.4, 0.5) is 19.9 Å². The summed E-state index contributed by atoms with van der Waals surface area (Å²) < 4.78 is 18.8. The number of alkyl halides is 1. The number of aromatic nitrogens is 2. The van der Waals surface area contributed by atoms with E-state index in [1.165, 1.54) is 0 Å². The van der Waals surface area contributed by atoms with Crippen LogP contribution in [0.15, 0.2) is 36.4 Å². The maximum absolute atomic E-state index is 13.1. The quantitative estimate of drug-likeness (QED) is 0.531. The van der Waals surface area contributed by atoms with Crippen molar-refractivity contribution in [1.29, 1.82) is 0 Å². The van der Waals surface area contributed by atoms with Gasteiger partial charge in [0.25, 0.3) is 0 Å². The van der Waals surface area contributed by atoms with Crippen molar-refractivity contribution >= 4 is 29.1 Å². The van der Waals surface area contributed by atoms with Crippen LogP contribution >= 0.6 is 0 Å². The normalized spacial score (nSPS) is 16.6. The number of ether oxygens (including phenoxy) is 1. The maximum Gasteiger partial charge on any atom is 0.411 e. The Morgan fingerprint density at radius 2 is 1.88 bits per heavy atom. The number of fused-ring (bicyclic) bond motifs is 2. The highest BCUT2D eigenvalue weighted by atomic mass is 19.1. The number of imidazole rings is 1. The topological polar surface area (TPSA) is 111 Å². The average molecular weight is 468 g/mol. The van der Waals surface area contributed by atoms with E-state index in [9.17, 15) is 14.0 Å². The van der Waals surface area contributed by atoms with E-state index >= 15 is 0 Å². The predicted molar refractivity (Wildman–Crippen MR) is 125 cm³/mol. The van der Waals surface area contributed by atoms with Crippen LogP contribution < -0.4 is 10.1 Å². The lowest BCUT2D eigenvalue weighted by Crippen LogP contribution is -2.47. The average Bonchev–Trinajstić information content (AvgIpc) is 3.11. The fourth-order valence-corrected chi connectivity index (χ4v) is 4.57. The molecule has 0 atom stereocenters. The van der Waals surface area contributed by atoms with Gasteiger partial charge in [-0.05, 0) is 54.2 Å². The highest BCUT2D eigenvalue weighted by Gasteiger charge is 2.28. The number of likely N-dealkylation sites (tertiary alicyclic amines) is 1. The molecule has 0 bridgehead atoms. The number of hydrogen-bond donors (Lipinski definition) is 3. The first-order valence-electron chi connectivity index (χ1n) is 11.4. The molecule has 0 saturated carbocycles. The molecular weight excluding hydrogens is 441 g/mol. The monoisotopic (exact) mass is 467 g/mol. The van der Waals surface area contributed by atoms with E-state index < -0.39 is 6.09 Å². The van der Waals surface area contributed by atoms with Crippen molar-refractivity contribution in [2.24, 2.45) is 5.92 Å². The Bertz CT molecular complexity index is 1220. The molecule has 34 heavy (non-hydrogen) atoms. The number of amides is 3. The summed E-state index contributed by atoms with van der Waals surface area (Å²) in [7, 11) is 0. The third-order valence-corrected chi connectivity index (χ3v) is 6.45. The summed E-state index contributed by atoms with van der Waals surface area (Å²) in [5.41, 5.74) is 4.15. The zero-order valence-corrected chi connectivity index (χ0v) is 18.6. The van der Waals surface area contributed by atoms with Gasteiger partial charge in [0.15, 0.2) is 0 Å². The van der Waals surface area contributed by atoms with Gasteiger partial charge in [-0.25, -0.2) is 14.6 Å². The fraction of sp³-hybridized carbons (Fsp3) is 0.375. The van der Waals surface area contributed by atoms with E-state index in [-0.39, 0.29) is 24.6 Å². The van der Waals surface area contributed by atoms with Gasteiger partial charge >= 0.3 is 12.1 Å². The fourth-order valence-electron chi connectivity index (χ4n) is 4.57. The highest BCUT2D eigenvalue weighted by Crippen LogP contribution is 2.31. The molecule has 1 aromatic heterocycles. The van der Waals surface area contributed by atoms with E-state index in [0.717, 1.165) is 22.4 Å². The Hall–Kier alpha value is -3.82. The molecule has 0 spiro atoms. The molecule has 0 unspecified atom stereocenters. The van der Waals surface area contributed by atoms with E-state index in [4.69, 9.17) is 9.84 Å². The van der Waals surface area contributed by atoms with E-state index in [1.54, 1.807) is 4.90 Å². The van der Waals surface area contributed by atoms with Crippen molar-refractivity contribution in [2.45, 2.75) is 19.4 Å². The number of H-pyrrole nitrogens is 1. The minimum Gasteiger partial charge on any atom is -0.491 e. The van der Waals surface area contributed by atoms with Gasteiger partial charge in [0.2, 0.25) is 5.95 Å². The van der Waals surface area contributed by atoms with Gasteiger partial charge in [0.1, 0.15) is 12.4 Å². The van der Waals surface area contributed by atoms with Gasteiger partial charge in [-0.15, -0.1) is 0 Å². The molecule has 9 nitrogen and oxygen atoms in total. The zero-order valence-electron chi connectivity index (χ0n) is 18.6. The lowest BCUT2D eigenvalue weighted by Gasteiger charge is -2.34. The number of benzene rings is 2. The Morgan fingerprint density at radius 3 is 2.65 bits per heavy atom. The smallest absolute Gasteiger partial charge is 0.411 e. The number of anilines is 1. The van der Waals surface area contributed by atoms with E-state index in [2.05, 4.69) is 15.3 Å². The van der Waals surface area contributed by atoms with Crippen LogP contribution in [0.2, 0.25) is 0 Å². The largest absolute Gasteiger partial charge is 0.491 e. The molecule has 3 N–H and O–H groups in total. The molecule has 10 heteroatoms. The number of carbonyl (C=O) groups excluding carboxylic acids is 1. The van der Waals surface area contributed by atoms with Crippen LogP contribution in [-0.2, 0) is 6.54 Å². The highest BCUT2D eigenvalue weighted by molar-refractivity contribution is 5.87. The number of piperidine rings is 1. The molecule has 178 valence electrons. The van der Waals surface area contributed by atoms with Crippen LogP contribution in [0.5, 0.6) is 5.75 Å². The molecule has 3 amide bonds. The summed E-state index contributed by atoms with van der Waals surface area (Å²) in [6, 6.07) is 11.5. The third-order valence-electron chi connectivity index (χ3n) is 6.45. The summed E-state index contributed by atoms with van der Waals surface area (Å²) in [6.07, 6.45) is 0.219. The Labute approximate surface area is 195 Å². The second kappa shape index (κ2) is 9.20. The first kappa shape index (κ1) is 22.0. The number of nitrogens with one attached hydrogen (secondary N) is 2. The minimum atomic E-state index is -1.18. The van der Waals surface area contributed by atoms with E-state index in [0.29, 0.717) is 56.7 Å². The third kappa shape index (κ3) is 4.48. The molecule has 1 saturated heterocycles. The van der Waals surface area contributed by atoms with Crippen molar-refractivity contribution < 1.29 is 23.8 Å². The van der Waals surface area contributed by atoms with Gasteiger partial charge in [-0.1, -0.05) is 12.1 Å². The number of aromatic amines is 1.